The minimum absolute atomic E-state index is 0.0389. The number of hydrogen-bond donors (Lipinski definition) is 3. The molecule has 0 unspecified atom stereocenters. The number of sulfonamides is 1. The zero-order valence-corrected chi connectivity index (χ0v) is 13.0. The molecule has 0 saturated carbocycles. The lowest BCUT2D eigenvalue weighted by Gasteiger charge is -2.07. The van der Waals surface area contributed by atoms with Crippen LogP contribution in [0.4, 0.5) is 17.3 Å². The Morgan fingerprint density at radius 3 is 2.73 bits per heavy atom. The maximum absolute atomic E-state index is 11.3. The first-order chi connectivity index (χ1) is 10.3. The van der Waals surface area contributed by atoms with Gasteiger partial charge in [0.05, 0.1) is 11.4 Å². The minimum Gasteiger partial charge on any atom is -0.382 e. The number of nitrogens with zero attached hydrogens (tertiary/aromatic N) is 4. The van der Waals surface area contributed by atoms with Crippen molar-refractivity contribution >= 4 is 27.3 Å². The summed E-state index contributed by atoms with van der Waals surface area (Å²) in [6.07, 6.45) is 0. The van der Waals surface area contributed by atoms with E-state index in [2.05, 4.69) is 20.4 Å². The third-order valence-electron chi connectivity index (χ3n) is 2.82. The maximum atomic E-state index is 11.3. The molecular weight excluding hydrogens is 306 g/mol. The molecular formula is C12H17N7O2S. The lowest BCUT2D eigenvalue weighted by atomic mass is 10.2. The topological polar surface area (TPSA) is 143 Å². The molecule has 0 fully saturated rings. The first-order valence-corrected chi connectivity index (χ1v) is 7.84. The Kier molecular flexibility index (Phi) is 4.43. The molecule has 9 nitrogen and oxygen atoms in total. The molecule has 0 aliphatic rings. The average Bonchev–Trinajstić information content (AvgIpc) is 2.80. The van der Waals surface area contributed by atoms with Gasteiger partial charge in [-0.25, -0.2) is 13.6 Å². The Morgan fingerprint density at radius 1 is 1.36 bits per heavy atom. The molecule has 10 heteroatoms. The van der Waals surface area contributed by atoms with E-state index in [0.717, 1.165) is 0 Å². The smallest absolute Gasteiger partial charge is 0.238 e. The molecule has 0 aliphatic heterocycles. The van der Waals surface area contributed by atoms with Gasteiger partial charge < -0.3 is 10.6 Å². The molecule has 0 aliphatic carbocycles. The van der Waals surface area contributed by atoms with Gasteiger partial charge in [0, 0.05) is 14.1 Å². The van der Waals surface area contributed by atoms with E-state index in [1.807, 2.05) is 14.1 Å². The van der Waals surface area contributed by atoms with E-state index in [0.29, 0.717) is 22.9 Å². The number of aromatic nitrogens is 2. The summed E-state index contributed by atoms with van der Waals surface area (Å²) < 4.78 is 22.6. The van der Waals surface area contributed by atoms with Crippen molar-refractivity contribution in [3.63, 3.8) is 0 Å². The molecule has 0 amide bonds. The summed E-state index contributed by atoms with van der Waals surface area (Å²) >= 11 is 0. The number of nitrogen functional groups attached to an aromatic ring is 1. The Bertz CT molecular complexity index is 796. The van der Waals surface area contributed by atoms with E-state index in [-0.39, 0.29) is 11.4 Å². The van der Waals surface area contributed by atoms with Crippen LogP contribution < -0.4 is 15.8 Å². The number of H-pyrrole nitrogens is 1. The fraction of sp³-hybridized carbons (Fsp3) is 0.250. The molecule has 0 atom stereocenters. The van der Waals surface area contributed by atoms with Crippen LogP contribution in [0.2, 0.25) is 0 Å². The van der Waals surface area contributed by atoms with Gasteiger partial charge in [-0.3, -0.25) is 5.10 Å². The van der Waals surface area contributed by atoms with Crippen molar-refractivity contribution in [3.05, 3.63) is 29.8 Å². The third-order valence-corrected chi connectivity index (χ3v) is 3.73. The monoisotopic (exact) mass is 323 g/mol. The molecule has 2 aromatic rings. The summed E-state index contributed by atoms with van der Waals surface area (Å²) in [4.78, 5) is 1.79. The Balaban J connectivity index is 2.19. The summed E-state index contributed by atoms with van der Waals surface area (Å²) in [6, 6.07) is 6.22. The largest absolute Gasteiger partial charge is 0.382 e. The number of aromatic amines is 1. The molecule has 1 heterocycles. The normalized spacial score (nSPS) is 12.0. The number of benzene rings is 1. The van der Waals surface area contributed by atoms with Crippen molar-refractivity contribution in [2.24, 2.45) is 15.4 Å². The van der Waals surface area contributed by atoms with Gasteiger partial charge in [0.1, 0.15) is 5.82 Å². The molecule has 0 saturated heterocycles. The van der Waals surface area contributed by atoms with E-state index < -0.39 is 10.0 Å². The van der Waals surface area contributed by atoms with Gasteiger partial charge >= 0.3 is 0 Å². The number of primary sulfonamides is 1. The van der Waals surface area contributed by atoms with Gasteiger partial charge in [-0.15, -0.1) is 5.11 Å². The number of nitrogens with one attached hydrogen (secondary N) is 1. The minimum atomic E-state index is -3.73. The zero-order valence-electron chi connectivity index (χ0n) is 12.2. The van der Waals surface area contributed by atoms with E-state index in [4.69, 9.17) is 10.9 Å². The number of anilines is 2. The van der Waals surface area contributed by atoms with Crippen LogP contribution in [0.5, 0.6) is 0 Å². The van der Waals surface area contributed by atoms with Gasteiger partial charge in [0.15, 0.2) is 11.5 Å². The molecule has 1 aromatic carbocycles. The highest BCUT2D eigenvalue weighted by atomic mass is 32.2. The summed E-state index contributed by atoms with van der Waals surface area (Å²) in [6.45, 7) is 0.195. The standard InChI is InChI=1S/C12H17N7O2S/c1-19(2)12-10(11(13)17-18-12)16-15-7-8-4-3-5-9(6-8)22(14,20)21/h3-6H,7H2,1-2H3,(H3,13,17,18)(H2,14,20,21). The Labute approximate surface area is 128 Å². The maximum Gasteiger partial charge on any atom is 0.238 e. The van der Waals surface area contributed by atoms with Gasteiger partial charge in [-0.05, 0) is 17.7 Å². The second-order valence-electron chi connectivity index (χ2n) is 4.80. The lowest BCUT2D eigenvalue weighted by molar-refractivity contribution is 0.597. The van der Waals surface area contributed by atoms with Gasteiger partial charge in [-0.2, -0.15) is 10.2 Å². The van der Waals surface area contributed by atoms with Crippen molar-refractivity contribution in [1.29, 1.82) is 0 Å². The molecule has 5 N–H and O–H groups in total. The first kappa shape index (κ1) is 15.9. The predicted octanol–water partition coefficient (Wildman–Crippen LogP) is 0.989. The van der Waals surface area contributed by atoms with Crippen molar-refractivity contribution in [2.75, 3.05) is 24.7 Å². The first-order valence-electron chi connectivity index (χ1n) is 6.29. The van der Waals surface area contributed by atoms with Crippen LogP contribution in [0.25, 0.3) is 0 Å². The van der Waals surface area contributed by atoms with E-state index in [9.17, 15) is 8.42 Å². The van der Waals surface area contributed by atoms with E-state index in [1.165, 1.54) is 12.1 Å². The predicted molar refractivity (Wildman–Crippen MR) is 83.4 cm³/mol. The van der Waals surface area contributed by atoms with Gasteiger partial charge in [-0.1, -0.05) is 12.1 Å². The van der Waals surface area contributed by atoms with Crippen molar-refractivity contribution < 1.29 is 8.42 Å². The number of hydrogen-bond acceptors (Lipinski definition) is 7. The highest BCUT2D eigenvalue weighted by molar-refractivity contribution is 7.89. The molecule has 0 radical (unpaired) electrons. The second-order valence-corrected chi connectivity index (χ2v) is 6.36. The van der Waals surface area contributed by atoms with Gasteiger partial charge in [0.25, 0.3) is 0 Å². The van der Waals surface area contributed by atoms with Crippen molar-refractivity contribution in [2.45, 2.75) is 11.4 Å². The fourth-order valence-corrected chi connectivity index (χ4v) is 2.34. The average molecular weight is 323 g/mol. The quantitative estimate of drug-likeness (QED) is 0.703. The van der Waals surface area contributed by atoms with Crippen molar-refractivity contribution in [3.8, 4) is 0 Å². The van der Waals surface area contributed by atoms with Crippen LogP contribution >= 0.6 is 0 Å². The van der Waals surface area contributed by atoms with Gasteiger partial charge in [0.2, 0.25) is 10.0 Å². The second kappa shape index (κ2) is 6.12. The third kappa shape index (κ3) is 3.59. The van der Waals surface area contributed by atoms with Crippen LogP contribution in [-0.2, 0) is 16.6 Å². The van der Waals surface area contributed by atoms with E-state index in [1.54, 1.807) is 17.0 Å². The molecule has 0 spiro atoms. The van der Waals surface area contributed by atoms with Crippen molar-refractivity contribution in [1.82, 2.24) is 10.2 Å². The fourth-order valence-electron chi connectivity index (χ4n) is 1.76. The van der Waals surface area contributed by atoms with Crippen LogP contribution in [0.15, 0.2) is 39.4 Å². The SMILES string of the molecule is CN(C)c1n[nH]c(N)c1N=NCc1cccc(S(N)(=O)=O)c1. The summed E-state index contributed by atoms with van der Waals surface area (Å²) in [5, 5.41) is 19.8. The number of azo groups is 1. The van der Waals surface area contributed by atoms with Crippen LogP contribution in [-0.4, -0.2) is 32.7 Å². The van der Waals surface area contributed by atoms with E-state index >= 15 is 0 Å². The van der Waals surface area contributed by atoms with Crippen LogP contribution in [0.3, 0.4) is 0 Å². The summed E-state index contributed by atoms with van der Waals surface area (Å²) in [5.74, 6) is 0.880. The molecule has 1 aromatic heterocycles. The Hall–Kier alpha value is -2.46. The highest BCUT2D eigenvalue weighted by Gasteiger charge is 2.12. The molecule has 118 valence electrons. The summed E-state index contributed by atoms with van der Waals surface area (Å²) in [5.41, 5.74) is 6.85. The van der Waals surface area contributed by atoms with Crippen LogP contribution in [0.1, 0.15) is 5.56 Å². The number of rotatable bonds is 5. The molecule has 0 bridgehead atoms. The highest BCUT2D eigenvalue weighted by Crippen LogP contribution is 2.30. The Morgan fingerprint density at radius 2 is 2.09 bits per heavy atom. The summed E-state index contributed by atoms with van der Waals surface area (Å²) in [7, 11) is -0.113. The lowest BCUT2D eigenvalue weighted by Crippen LogP contribution is -2.12. The number of nitrogens with two attached hydrogens (primary N) is 2. The molecule has 2 rings (SSSR count). The zero-order chi connectivity index (χ0) is 16.3. The molecule has 22 heavy (non-hydrogen) atoms. The van der Waals surface area contributed by atoms with Crippen LogP contribution in [0, 0.1) is 0 Å².